The highest BCUT2D eigenvalue weighted by molar-refractivity contribution is 7.89. The molecule has 2 aliphatic rings. The third kappa shape index (κ3) is 4.41. The Balaban J connectivity index is 1.36. The lowest BCUT2D eigenvalue weighted by molar-refractivity contribution is -0.115. The number of nitrogens with zero attached hydrogens (tertiary/aromatic N) is 2. The molecule has 0 aliphatic carbocycles. The van der Waals surface area contributed by atoms with Crippen molar-refractivity contribution in [1.82, 2.24) is 8.87 Å². The number of piperidine rings is 1. The molecule has 1 N–H and O–H groups in total. The number of hydrogen-bond donors (Lipinski definition) is 1. The van der Waals surface area contributed by atoms with Crippen LogP contribution < -0.4 is 10.9 Å². The van der Waals surface area contributed by atoms with Gasteiger partial charge in [-0.3, -0.25) is 9.59 Å². The molecule has 3 heterocycles. The van der Waals surface area contributed by atoms with E-state index in [4.69, 9.17) is 11.6 Å². The maximum atomic E-state index is 13.2. The Hall–Kier alpha value is -2.94. The van der Waals surface area contributed by atoms with Gasteiger partial charge in [-0.15, -0.1) is 0 Å². The van der Waals surface area contributed by atoms with Crippen LogP contribution in [0.1, 0.15) is 23.6 Å². The van der Waals surface area contributed by atoms with E-state index in [1.165, 1.54) is 16.4 Å². The number of sulfonamides is 1. The van der Waals surface area contributed by atoms with Crippen molar-refractivity contribution in [3.63, 3.8) is 0 Å². The summed E-state index contributed by atoms with van der Waals surface area (Å²) < 4.78 is 29.6. The Morgan fingerprint density at radius 1 is 0.971 bits per heavy atom. The van der Waals surface area contributed by atoms with Crippen molar-refractivity contribution in [3.8, 4) is 0 Å². The first-order valence-electron chi connectivity index (χ1n) is 11.1. The fourth-order valence-corrected chi connectivity index (χ4v) is 6.61. The number of hydrogen-bond acceptors (Lipinski definition) is 4. The summed E-state index contributed by atoms with van der Waals surface area (Å²) in [7, 11) is -3.66. The topological polar surface area (TPSA) is 88.5 Å². The monoisotopic (exact) mass is 497 g/mol. The molecule has 0 unspecified atom stereocenters. The third-order valence-electron chi connectivity index (χ3n) is 6.50. The Bertz CT molecular complexity index is 1390. The lowest BCUT2D eigenvalue weighted by Gasteiger charge is -2.42. The molecule has 2 aliphatic heterocycles. The van der Waals surface area contributed by atoms with E-state index >= 15 is 0 Å². The number of fused-ring (bicyclic) bond motifs is 4. The van der Waals surface area contributed by atoms with E-state index in [0.717, 1.165) is 17.7 Å². The molecule has 34 heavy (non-hydrogen) atoms. The van der Waals surface area contributed by atoms with E-state index in [2.05, 4.69) is 5.32 Å². The van der Waals surface area contributed by atoms with Crippen LogP contribution in [0.2, 0.25) is 5.02 Å². The number of pyridine rings is 1. The highest BCUT2D eigenvalue weighted by Crippen LogP contribution is 2.37. The molecule has 1 aromatic heterocycles. The predicted octanol–water partition coefficient (Wildman–Crippen LogP) is 3.49. The predicted molar refractivity (Wildman–Crippen MR) is 131 cm³/mol. The van der Waals surface area contributed by atoms with E-state index < -0.39 is 10.0 Å². The minimum absolute atomic E-state index is 0.0151. The Morgan fingerprint density at radius 3 is 2.44 bits per heavy atom. The van der Waals surface area contributed by atoms with Gasteiger partial charge in [0.25, 0.3) is 5.56 Å². The second kappa shape index (κ2) is 9.02. The van der Waals surface area contributed by atoms with Crippen LogP contribution in [-0.2, 0) is 27.8 Å². The van der Waals surface area contributed by atoms with E-state index in [9.17, 15) is 18.0 Å². The standard InChI is InChI=1S/C25H24ClN3O4S/c26-20-6-8-21(9-7-20)34(32,33)28-14-18-12-19(16-28)23-11-10-22(25(31)29(23)15-18)27-24(30)13-17-4-2-1-3-5-17/h1-11,18-19H,12-16H2,(H,27,30)/t18-,19-/m1/s1. The highest BCUT2D eigenvalue weighted by Gasteiger charge is 2.39. The van der Waals surface area contributed by atoms with Gasteiger partial charge in [0.15, 0.2) is 0 Å². The summed E-state index contributed by atoms with van der Waals surface area (Å²) in [6.07, 6.45) is 1.01. The van der Waals surface area contributed by atoms with Crippen LogP contribution in [0.5, 0.6) is 0 Å². The molecule has 3 aromatic rings. The van der Waals surface area contributed by atoms with Gasteiger partial charge in [0.2, 0.25) is 15.9 Å². The number of halogens is 1. The zero-order valence-electron chi connectivity index (χ0n) is 18.4. The van der Waals surface area contributed by atoms with E-state index in [-0.39, 0.29) is 40.3 Å². The lowest BCUT2D eigenvalue weighted by atomic mass is 9.84. The smallest absolute Gasteiger partial charge is 0.274 e. The number of benzene rings is 2. The zero-order valence-corrected chi connectivity index (χ0v) is 19.9. The van der Waals surface area contributed by atoms with Crippen molar-refractivity contribution in [2.45, 2.75) is 30.2 Å². The molecule has 176 valence electrons. The van der Waals surface area contributed by atoms with E-state index in [1.807, 2.05) is 36.4 Å². The molecule has 5 rings (SSSR count). The number of nitrogens with one attached hydrogen (secondary N) is 1. The Morgan fingerprint density at radius 2 is 1.71 bits per heavy atom. The summed E-state index contributed by atoms with van der Waals surface area (Å²) in [6, 6.07) is 19.0. The van der Waals surface area contributed by atoms with Gasteiger partial charge in [-0.05, 0) is 54.3 Å². The average molecular weight is 498 g/mol. The van der Waals surface area contributed by atoms with Crippen molar-refractivity contribution in [3.05, 3.63) is 93.4 Å². The minimum Gasteiger partial charge on any atom is -0.321 e. The van der Waals surface area contributed by atoms with E-state index in [1.54, 1.807) is 22.8 Å². The summed E-state index contributed by atoms with van der Waals surface area (Å²) in [5, 5.41) is 3.23. The van der Waals surface area contributed by atoms with Crippen LogP contribution in [0.25, 0.3) is 0 Å². The molecule has 7 nitrogen and oxygen atoms in total. The maximum absolute atomic E-state index is 13.2. The Kier molecular flexibility index (Phi) is 6.06. The van der Waals surface area contributed by atoms with Crippen molar-refractivity contribution in [1.29, 1.82) is 0 Å². The fourth-order valence-electron chi connectivity index (χ4n) is 4.92. The van der Waals surface area contributed by atoms with Crippen LogP contribution in [0.4, 0.5) is 5.69 Å². The summed E-state index contributed by atoms with van der Waals surface area (Å²) in [6.45, 7) is 1.07. The van der Waals surface area contributed by atoms with Crippen molar-refractivity contribution >= 4 is 33.2 Å². The normalized spacial score (nSPS) is 19.9. The first-order valence-corrected chi connectivity index (χ1v) is 13.0. The van der Waals surface area contributed by atoms with Gasteiger partial charge in [0.05, 0.1) is 11.3 Å². The number of carbonyl (C=O) groups is 1. The van der Waals surface area contributed by atoms with Crippen LogP contribution >= 0.6 is 11.6 Å². The maximum Gasteiger partial charge on any atom is 0.274 e. The largest absolute Gasteiger partial charge is 0.321 e. The molecule has 0 radical (unpaired) electrons. The number of anilines is 1. The zero-order chi connectivity index (χ0) is 23.9. The molecule has 1 fully saturated rings. The molecule has 1 amide bonds. The van der Waals surface area contributed by atoms with Gasteiger partial charge >= 0.3 is 0 Å². The van der Waals surface area contributed by atoms with Crippen LogP contribution in [0, 0.1) is 5.92 Å². The lowest BCUT2D eigenvalue weighted by Crippen LogP contribution is -2.49. The molecule has 9 heteroatoms. The van der Waals surface area contributed by atoms with Crippen LogP contribution in [0.3, 0.4) is 0 Å². The quantitative estimate of drug-likeness (QED) is 0.584. The SMILES string of the molecule is O=C(Cc1ccccc1)Nc1ccc2n(c1=O)C[C@@H]1C[C@@H]2CN(S(=O)(=O)c2ccc(Cl)cc2)C1. The first kappa shape index (κ1) is 22.8. The number of amides is 1. The number of aromatic nitrogens is 1. The summed E-state index contributed by atoms with van der Waals surface area (Å²) in [4.78, 5) is 25.8. The van der Waals surface area contributed by atoms with Gasteiger partial charge in [0.1, 0.15) is 5.69 Å². The second-order valence-electron chi connectivity index (χ2n) is 8.87. The van der Waals surface area contributed by atoms with Crippen molar-refractivity contribution in [2.75, 3.05) is 18.4 Å². The molecule has 2 atom stereocenters. The Labute approximate surface area is 203 Å². The fraction of sp³-hybridized carbons (Fsp3) is 0.280. The van der Waals surface area contributed by atoms with Gasteiger partial charge in [-0.2, -0.15) is 4.31 Å². The van der Waals surface area contributed by atoms with Gasteiger partial charge in [0, 0.05) is 36.3 Å². The number of carbonyl (C=O) groups excluding carboxylic acids is 1. The van der Waals surface area contributed by atoms with Gasteiger partial charge in [-0.1, -0.05) is 41.9 Å². The second-order valence-corrected chi connectivity index (χ2v) is 11.2. The third-order valence-corrected chi connectivity index (χ3v) is 8.60. The molecule has 2 bridgehead atoms. The summed E-state index contributed by atoms with van der Waals surface area (Å²) in [5.74, 6) is -0.322. The number of rotatable bonds is 5. The first-order chi connectivity index (χ1) is 16.3. The molecule has 0 saturated carbocycles. The van der Waals surface area contributed by atoms with Gasteiger partial charge in [-0.25, -0.2) is 8.42 Å². The molecular weight excluding hydrogens is 474 g/mol. The minimum atomic E-state index is -3.66. The molecule has 2 aromatic carbocycles. The van der Waals surface area contributed by atoms with Crippen LogP contribution in [-0.4, -0.2) is 36.3 Å². The molecule has 1 saturated heterocycles. The summed E-state index contributed by atoms with van der Waals surface area (Å²) >= 11 is 5.91. The van der Waals surface area contributed by atoms with Gasteiger partial charge < -0.3 is 9.88 Å². The highest BCUT2D eigenvalue weighted by atomic mass is 35.5. The van der Waals surface area contributed by atoms with Crippen molar-refractivity contribution < 1.29 is 13.2 Å². The summed E-state index contributed by atoms with van der Waals surface area (Å²) in [5.41, 5.74) is 1.67. The molecular formula is C25H24ClN3O4S. The average Bonchev–Trinajstić information content (AvgIpc) is 2.82. The van der Waals surface area contributed by atoms with Crippen molar-refractivity contribution in [2.24, 2.45) is 5.92 Å². The van der Waals surface area contributed by atoms with Crippen LogP contribution in [0.15, 0.2) is 76.4 Å². The van der Waals surface area contributed by atoms with E-state index in [0.29, 0.717) is 24.7 Å². The molecule has 0 spiro atoms.